The van der Waals surface area contributed by atoms with Gasteiger partial charge in [-0.05, 0) is 51.5 Å². The fourth-order valence-electron chi connectivity index (χ4n) is 3.91. The molecule has 1 aromatic carbocycles. The molecule has 0 aliphatic carbocycles. The van der Waals surface area contributed by atoms with Crippen molar-refractivity contribution < 1.29 is 14.6 Å². The number of rotatable bonds is 2. The van der Waals surface area contributed by atoms with Crippen molar-refractivity contribution in [2.75, 3.05) is 19.8 Å². The molecule has 2 N–H and O–H groups in total. The van der Waals surface area contributed by atoms with Crippen LogP contribution in [-0.4, -0.2) is 30.9 Å². The Bertz CT molecular complexity index is 512. The minimum Gasteiger partial charge on any atom is -0.504 e. The number of hydrogen-bond acceptors (Lipinski definition) is 4. The maximum Gasteiger partial charge on any atom is 0.164 e. The van der Waals surface area contributed by atoms with Gasteiger partial charge in [-0.25, -0.2) is 0 Å². The van der Waals surface area contributed by atoms with Gasteiger partial charge < -0.3 is 19.9 Å². The van der Waals surface area contributed by atoms with Crippen LogP contribution in [0, 0.1) is 0 Å². The van der Waals surface area contributed by atoms with Crippen LogP contribution in [0.4, 0.5) is 0 Å². The van der Waals surface area contributed by atoms with E-state index in [0.717, 1.165) is 62.3 Å². The highest BCUT2D eigenvalue weighted by molar-refractivity contribution is 5.63. The van der Waals surface area contributed by atoms with Crippen LogP contribution in [0.1, 0.15) is 42.4 Å². The Balaban J connectivity index is 1.81. The summed E-state index contributed by atoms with van der Waals surface area (Å²) in [6.07, 6.45) is 7.35. The summed E-state index contributed by atoms with van der Waals surface area (Å²) in [4.78, 5) is 0. The first-order chi connectivity index (χ1) is 10.3. The molecule has 3 aliphatic heterocycles. The predicted octanol–water partition coefficient (Wildman–Crippen LogP) is 2.34. The molecule has 0 radical (unpaired) electrons. The molecular weight excluding hydrogens is 266 g/mol. The van der Waals surface area contributed by atoms with Gasteiger partial charge >= 0.3 is 0 Å². The third kappa shape index (κ3) is 2.26. The fourth-order valence-corrected chi connectivity index (χ4v) is 3.91. The van der Waals surface area contributed by atoms with E-state index in [2.05, 4.69) is 5.32 Å². The zero-order chi connectivity index (χ0) is 14.2. The Kier molecular flexibility index (Phi) is 3.42. The Morgan fingerprint density at radius 1 is 1.00 bits per heavy atom. The summed E-state index contributed by atoms with van der Waals surface area (Å²) < 4.78 is 11.8. The van der Waals surface area contributed by atoms with Gasteiger partial charge in [0, 0.05) is 22.7 Å². The van der Waals surface area contributed by atoms with Crippen LogP contribution in [-0.2, 0) is 19.3 Å². The first-order valence-electron chi connectivity index (χ1n) is 8.23. The van der Waals surface area contributed by atoms with Crippen LogP contribution >= 0.6 is 0 Å². The van der Waals surface area contributed by atoms with E-state index in [1.165, 1.54) is 24.0 Å². The number of phenolic OH excluding ortho intramolecular Hbond substituents is 1. The van der Waals surface area contributed by atoms with Crippen LogP contribution < -0.4 is 14.8 Å². The highest BCUT2D eigenvalue weighted by Crippen LogP contribution is 2.48. The Morgan fingerprint density at radius 2 is 1.76 bits per heavy atom. The monoisotopic (exact) mass is 289 g/mol. The molecule has 1 fully saturated rings. The van der Waals surface area contributed by atoms with Gasteiger partial charge in [-0.1, -0.05) is 0 Å². The number of nitrogens with one attached hydrogen (secondary N) is 1. The number of hydrogen-bond donors (Lipinski definition) is 2. The highest BCUT2D eigenvalue weighted by Gasteiger charge is 2.30. The minimum atomic E-state index is 0.336. The average molecular weight is 289 g/mol. The second-order valence-corrected chi connectivity index (χ2v) is 6.34. The summed E-state index contributed by atoms with van der Waals surface area (Å²) in [7, 11) is 0. The molecule has 4 nitrogen and oxygen atoms in total. The molecular formula is C17H23NO3. The SMILES string of the molecule is Oc1c2c(c(CC3CCCN3)c3c1OCCC3)OCCC2. The second-order valence-electron chi connectivity index (χ2n) is 6.34. The van der Waals surface area contributed by atoms with Crippen molar-refractivity contribution in [3.05, 3.63) is 16.7 Å². The van der Waals surface area contributed by atoms with Gasteiger partial charge in [0.05, 0.1) is 13.2 Å². The molecule has 3 heterocycles. The molecule has 1 aromatic rings. The van der Waals surface area contributed by atoms with Crippen molar-refractivity contribution in [2.45, 2.75) is 51.0 Å². The molecule has 1 unspecified atom stereocenters. The van der Waals surface area contributed by atoms with Gasteiger partial charge in [0.2, 0.25) is 0 Å². The van der Waals surface area contributed by atoms with Gasteiger partial charge in [-0.2, -0.15) is 0 Å². The average Bonchev–Trinajstić information content (AvgIpc) is 3.04. The maximum absolute atomic E-state index is 10.5. The summed E-state index contributed by atoms with van der Waals surface area (Å²) in [5.74, 6) is 2.03. The molecule has 0 saturated carbocycles. The summed E-state index contributed by atoms with van der Waals surface area (Å²) >= 11 is 0. The molecule has 4 heteroatoms. The summed E-state index contributed by atoms with van der Waals surface area (Å²) in [5, 5.41) is 14.1. The van der Waals surface area contributed by atoms with Gasteiger partial charge in [0.25, 0.3) is 0 Å². The molecule has 0 aromatic heterocycles. The molecule has 3 aliphatic rings. The number of benzene rings is 1. The second kappa shape index (κ2) is 5.41. The van der Waals surface area contributed by atoms with Gasteiger partial charge in [0.1, 0.15) is 5.75 Å². The van der Waals surface area contributed by atoms with Crippen molar-refractivity contribution in [3.8, 4) is 17.2 Å². The number of phenols is 1. The third-order valence-electron chi connectivity index (χ3n) is 4.94. The standard InChI is InChI=1S/C17H23NO3/c19-15-13-6-3-8-20-16(13)14(10-11-4-1-7-18-11)12-5-2-9-21-17(12)15/h11,18-19H,1-10H2. The van der Waals surface area contributed by atoms with E-state index in [4.69, 9.17) is 9.47 Å². The van der Waals surface area contributed by atoms with E-state index in [0.29, 0.717) is 18.4 Å². The first kappa shape index (κ1) is 13.3. The number of fused-ring (bicyclic) bond motifs is 2. The molecule has 114 valence electrons. The summed E-state index contributed by atoms with van der Waals surface area (Å²) in [5.41, 5.74) is 3.44. The molecule has 0 spiro atoms. The topological polar surface area (TPSA) is 50.7 Å². The largest absolute Gasteiger partial charge is 0.504 e. The third-order valence-corrected chi connectivity index (χ3v) is 4.94. The Labute approximate surface area is 125 Å². The van der Waals surface area contributed by atoms with Crippen LogP contribution in [0.25, 0.3) is 0 Å². The molecule has 1 atom stereocenters. The number of aromatic hydroxyl groups is 1. The lowest BCUT2D eigenvalue weighted by atomic mass is 9.88. The summed E-state index contributed by atoms with van der Waals surface area (Å²) in [6, 6.07) is 0.537. The van der Waals surface area contributed by atoms with E-state index in [1.54, 1.807) is 0 Å². The van der Waals surface area contributed by atoms with Crippen molar-refractivity contribution >= 4 is 0 Å². The normalized spacial score (nSPS) is 23.9. The van der Waals surface area contributed by atoms with E-state index in [1.807, 2.05) is 0 Å². The lowest BCUT2D eigenvalue weighted by Gasteiger charge is -2.29. The highest BCUT2D eigenvalue weighted by atomic mass is 16.5. The molecule has 4 rings (SSSR count). The minimum absolute atomic E-state index is 0.336. The predicted molar refractivity (Wildman–Crippen MR) is 80.5 cm³/mol. The maximum atomic E-state index is 10.5. The van der Waals surface area contributed by atoms with Crippen molar-refractivity contribution in [1.82, 2.24) is 5.32 Å². The quantitative estimate of drug-likeness (QED) is 0.877. The molecule has 0 bridgehead atoms. The Morgan fingerprint density at radius 3 is 2.52 bits per heavy atom. The van der Waals surface area contributed by atoms with E-state index >= 15 is 0 Å². The van der Waals surface area contributed by atoms with E-state index in [-0.39, 0.29) is 0 Å². The lowest BCUT2D eigenvalue weighted by Crippen LogP contribution is -2.26. The van der Waals surface area contributed by atoms with Crippen LogP contribution in [0.5, 0.6) is 17.2 Å². The smallest absolute Gasteiger partial charge is 0.164 e. The lowest BCUT2D eigenvalue weighted by molar-refractivity contribution is 0.253. The summed E-state index contributed by atoms with van der Waals surface area (Å²) in [6.45, 7) is 2.59. The molecule has 0 amide bonds. The number of ether oxygens (including phenoxy) is 2. The fraction of sp³-hybridized carbons (Fsp3) is 0.647. The van der Waals surface area contributed by atoms with Gasteiger partial charge in [-0.15, -0.1) is 0 Å². The van der Waals surface area contributed by atoms with Crippen LogP contribution in [0.3, 0.4) is 0 Å². The first-order valence-corrected chi connectivity index (χ1v) is 8.23. The van der Waals surface area contributed by atoms with Crippen molar-refractivity contribution in [2.24, 2.45) is 0 Å². The van der Waals surface area contributed by atoms with Crippen molar-refractivity contribution in [1.29, 1.82) is 0 Å². The van der Waals surface area contributed by atoms with E-state index < -0.39 is 0 Å². The van der Waals surface area contributed by atoms with Crippen LogP contribution in [0.15, 0.2) is 0 Å². The zero-order valence-corrected chi connectivity index (χ0v) is 12.4. The van der Waals surface area contributed by atoms with E-state index in [9.17, 15) is 5.11 Å². The molecule has 21 heavy (non-hydrogen) atoms. The van der Waals surface area contributed by atoms with Crippen molar-refractivity contribution in [3.63, 3.8) is 0 Å². The zero-order valence-electron chi connectivity index (χ0n) is 12.4. The molecule has 1 saturated heterocycles. The Hall–Kier alpha value is -1.42. The van der Waals surface area contributed by atoms with Gasteiger partial charge in [0.15, 0.2) is 11.5 Å². The van der Waals surface area contributed by atoms with Gasteiger partial charge in [-0.3, -0.25) is 0 Å². The van der Waals surface area contributed by atoms with Crippen LogP contribution in [0.2, 0.25) is 0 Å².